The Labute approximate surface area is 138 Å². The van der Waals surface area contributed by atoms with Crippen LogP contribution in [0.4, 0.5) is 0 Å². The smallest absolute Gasteiger partial charge is 0.332 e. The van der Waals surface area contributed by atoms with Crippen LogP contribution in [-0.2, 0) is 25.4 Å². The molecule has 3 N–H and O–H groups in total. The van der Waals surface area contributed by atoms with Crippen molar-refractivity contribution >= 4 is 29.5 Å². The summed E-state index contributed by atoms with van der Waals surface area (Å²) in [5.41, 5.74) is 4.96. The van der Waals surface area contributed by atoms with Crippen LogP contribution >= 0.6 is 12.4 Å². The summed E-state index contributed by atoms with van der Waals surface area (Å²) in [5, 5.41) is 2.66. The predicted molar refractivity (Wildman–Crippen MR) is 88.7 cm³/mol. The van der Waals surface area contributed by atoms with Gasteiger partial charge in [-0.1, -0.05) is 6.92 Å². The van der Waals surface area contributed by atoms with E-state index in [0.717, 1.165) is 4.57 Å². The molecule has 9 nitrogen and oxygen atoms in total. The molecule has 0 aliphatic carbocycles. The molecule has 0 radical (unpaired) electrons. The number of fused-ring (bicyclic) bond motifs is 1. The average Bonchev–Trinajstić information content (AvgIpc) is 2.89. The van der Waals surface area contributed by atoms with E-state index in [-0.39, 0.29) is 30.4 Å². The Balaban J connectivity index is 0.00000264. The fourth-order valence-electron chi connectivity index (χ4n) is 2.11. The number of aryl methyl sites for hydroxylation is 2. The number of carbonyl (C=O) groups is 1. The third kappa shape index (κ3) is 3.62. The number of nitrogens with zero attached hydrogens (tertiary/aromatic N) is 4. The summed E-state index contributed by atoms with van der Waals surface area (Å²) in [6.07, 6.45) is 1.46. The Morgan fingerprint density at radius 1 is 1.39 bits per heavy atom. The van der Waals surface area contributed by atoms with Gasteiger partial charge in [0, 0.05) is 20.6 Å². The lowest BCUT2D eigenvalue weighted by molar-refractivity contribution is -0.121. The van der Waals surface area contributed by atoms with Crippen LogP contribution in [0, 0.1) is 5.92 Å². The molecule has 0 fully saturated rings. The standard InChI is InChI=1S/C13H20N6O3.ClH/c1-8(4-14)5-15-9(20)6-19-12(21)10-11(16-7-17(10)2)18(3)13(19)22;/h7-8H,4-6,14H2,1-3H3,(H,15,20);1H. The lowest BCUT2D eigenvalue weighted by Crippen LogP contribution is -2.44. The van der Waals surface area contributed by atoms with Gasteiger partial charge in [-0.25, -0.2) is 14.3 Å². The maximum atomic E-state index is 12.4. The molecule has 2 aromatic heterocycles. The zero-order valence-corrected chi connectivity index (χ0v) is 14.1. The summed E-state index contributed by atoms with van der Waals surface area (Å²) in [6, 6.07) is 0. The summed E-state index contributed by atoms with van der Waals surface area (Å²) in [4.78, 5) is 40.6. The van der Waals surface area contributed by atoms with E-state index < -0.39 is 17.2 Å². The Kier molecular flexibility index (Phi) is 6.11. The third-order valence-electron chi connectivity index (χ3n) is 3.55. The Hall–Kier alpha value is -2.13. The van der Waals surface area contributed by atoms with Gasteiger partial charge < -0.3 is 15.6 Å². The van der Waals surface area contributed by atoms with E-state index in [1.54, 1.807) is 7.05 Å². The predicted octanol–water partition coefficient (Wildman–Crippen LogP) is -1.43. The van der Waals surface area contributed by atoms with Gasteiger partial charge in [-0.2, -0.15) is 0 Å². The monoisotopic (exact) mass is 344 g/mol. The van der Waals surface area contributed by atoms with E-state index >= 15 is 0 Å². The van der Waals surface area contributed by atoms with Crippen LogP contribution < -0.4 is 22.3 Å². The van der Waals surface area contributed by atoms with Crippen molar-refractivity contribution in [3.63, 3.8) is 0 Å². The maximum Gasteiger partial charge on any atom is 0.332 e. The second-order valence-electron chi connectivity index (χ2n) is 5.41. The van der Waals surface area contributed by atoms with Crippen molar-refractivity contribution < 1.29 is 4.79 Å². The Morgan fingerprint density at radius 3 is 2.65 bits per heavy atom. The Bertz CT molecular complexity index is 821. The van der Waals surface area contributed by atoms with Crippen LogP contribution in [0.1, 0.15) is 6.92 Å². The van der Waals surface area contributed by atoms with Gasteiger partial charge in [0.25, 0.3) is 5.56 Å². The first-order valence-corrected chi connectivity index (χ1v) is 6.94. The SMILES string of the molecule is CC(CN)CNC(=O)Cn1c(=O)c2c(ncn2C)n(C)c1=O.Cl. The van der Waals surface area contributed by atoms with Crippen LogP contribution in [0.5, 0.6) is 0 Å². The minimum atomic E-state index is -0.571. The number of aromatic nitrogens is 4. The lowest BCUT2D eigenvalue weighted by atomic mass is 10.2. The summed E-state index contributed by atoms with van der Waals surface area (Å²) in [5.74, 6) is -0.274. The molecule has 128 valence electrons. The molecule has 0 aliphatic rings. The van der Waals surface area contributed by atoms with Crippen molar-refractivity contribution in [3.05, 3.63) is 27.2 Å². The molecule has 1 amide bonds. The van der Waals surface area contributed by atoms with Crippen molar-refractivity contribution in [2.45, 2.75) is 13.5 Å². The molecule has 2 aromatic rings. The minimum absolute atomic E-state index is 0. The highest BCUT2D eigenvalue weighted by molar-refractivity contribution is 5.85. The van der Waals surface area contributed by atoms with Crippen LogP contribution in [0.2, 0.25) is 0 Å². The highest BCUT2D eigenvalue weighted by atomic mass is 35.5. The van der Waals surface area contributed by atoms with E-state index in [4.69, 9.17) is 5.73 Å². The number of nitrogens with one attached hydrogen (secondary N) is 1. The first kappa shape index (κ1) is 18.9. The molecule has 10 heteroatoms. The van der Waals surface area contributed by atoms with Crippen LogP contribution in [-0.4, -0.2) is 37.7 Å². The molecular weight excluding hydrogens is 324 g/mol. The van der Waals surface area contributed by atoms with Gasteiger partial charge >= 0.3 is 5.69 Å². The van der Waals surface area contributed by atoms with Gasteiger partial charge in [-0.3, -0.25) is 14.2 Å². The summed E-state index contributed by atoms with van der Waals surface area (Å²) < 4.78 is 3.70. The van der Waals surface area contributed by atoms with Gasteiger partial charge in [0.15, 0.2) is 11.2 Å². The zero-order valence-electron chi connectivity index (χ0n) is 13.3. The molecular formula is C13H21ClN6O3. The molecule has 1 unspecified atom stereocenters. The van der Waals surface area contributed by atoms with Gasteiger partial charge in [-0.05, 0) is 12.5 Å². The van der Waals surface area contributed by atoms with E-state index in [0.29, 0.717) is 18.7 Å². The molecule has 0 aromatic carbocycles. The highest BCUT2D eigenvalue weighted by Gasteiger charge is 2.16. The summed E-state index contributed by atoms with van der Waals surface area (Å²) in [6.45, 7) is 2.42. The Morgan fingerprint density at radius 2 is 2.04 bits per heavy atom. The number of hydrogen-bond acceptors (Lipinski definition) is 5. The second kappa shape index (κ2) is 7.42. The number of amides is 1. The van der Waals surface area contributed by atoms with E-state index in [9.17, 15) is 14.4 Å². The van der Waals surface area contributed by atoms with Gasteiger partial charge in [-0.15, -0.1) is 12.4 Å². The second-order valence-corrected chi connectivity index (χ2v) is 5.41. The van der Waals surface area contributed by atoms with Gasteiger partial charge in [0.2, 0.25) is 5.91 Å². The van der Waals surface area contributed by atoms with E-state index in [1.165, 1.54) is 22.5 Å². The van der Waals surface area contributed by atoms with Crippen molar-refractivity contribution in [3.8, 4) is 0 Å². The van der Waals surface area contributed by atoms with E-state index in [1.807, 2.05) is 6.92 Å². The fourth-order valence-corrected chi connectivity index (χ4v) is 2.11. The van der Waals surface area contributed by atoms with Gasteiger partial charge in [0.05, 0.1) is 6.33 Å². The van der Waals surface area contributed by atoms with Crippen molar-refractivity contribution in [1.82, 2.24) is 24.0 Å². The van der Waals surface area contributed by atoms with Crippen LogP contribution in [0.25, 0.3) is 11.2 Å². The van der Waals surface area contributed by atoms with E-state index in [2.05, 4.69) is 10.3 Å². The quantitative estimate of drug-likeness (QED) is 0.689. The number of rotatable bonds is 5. The van der Waals surface area contributed by atoms with Crippen LogP contribution in [0.15, 0.2) is 15.9 Å². The number of imidazole rings is 1. The zero-order chi connectivity index (χ0) is 16.4. The number of hydrogen-bond donors (Lipinski definition) is 2. The fraction of sp³-hybridized carbons (Fsp3) is 0.538. The minimum Gasteiger partial charge on any atom is -0.354 e. The molecule has 0 aliphatic heterocycles. The first-order chi connectivity index (χ1) is 10.4. The largest absolute Gasteiger partial charge is 0.354 e. The molecule has 2 heterocycles. The average molecular weight is 345 g/mol. The molecule has 0 bridgehead atoms. The number of halogens is 1. The number of carbonyl (C=O) groups excluding carboxylic acids is 1. The molecule has 23 heavy (non-hydrogen) atoms. The van der Waals surface area contributed by atoms with Crippen molar-refractivity contribution in [2.75, 3.05) is 13.1 Å². The normalized spacial score (nSPS) is 12.0. The molecule has 0 saturated heterocycles. The highest BCUT2D eigenvalue weighted by Crippen LogP contribution is 2.02. The maximum absolute atomic E-state index is 12.4. The molecule has 0 saturated carbocycles. The molecule has 0 spiro atoms. The summed E-state index contributed by atoms with van der Waals surface area (Å²) >= 11 is 0. The third-order valence-corrected chi connectivity index (χ3v) is 3.55. The number of nitrogens with two attached hydrogens (primary N) is 1. The molecule has 2 rings (SSSR count). The molecule has 1 atom stereocenters. The van der Waals surface area contributed by atoms with Gasteiger partial charge in [0.1, 0.15) is 6.54 Å². The van der Waals surface area contributed by atoms with Crippen molar-refractivity contribution in [1.29, 1.82) is 0 Å². The van der Waals surface area contributed by atoms with Crippen LogP contribution in [0.3, 0.4) is 0 Å². The summed E-state index contributed by atoms with van der Waals surface area (Å²) in [7, 11) is 3.18. The topological polar surface area (TPSA) is 117 Å². The van der Waals surface area contributed by atoms with Crippen molar-refractivity contribution in [2.24, 2.45) is 25.7 Å². The lowest BCUT2D eigenvalue weighted by Gasteiger charge is -2.11. The first-order valence-electron chi connectivity index (χ1n) is 6.94.